The van der Waals surface area contributed by atoms with E-state index in [2.05, 4.69) is 5.43 Å². The number of nitrogens with one attached hydrogen (secondary N) is 1. The average Bonchev–Trinajstić information content (AvgIpc) is 2.72. The van der Waals surface area contributed by atoms with E-state index in [9.17, 15) is 4.79 Å². The molecule has 1 heterocycles. The summed E-state index contributed by atoms with van der Waals surface area (Å²) in [7, 11) is 0. The molecule has 1 rings (SSSR count). The summed E-state index contributed by atoms with van der Waals surface area (Å²) in [6.07, 6.45) is 0. The second-order valence-electron chi connectivity index (χ2n) is 3.05. The third kappa shape index (κ3) is 3.49. The van der Waals surface area contributed by atoms with Crippen molar-refractivity contribution in [2.75, 3.05) is 6.61 Å². The minimum Gasteiger partial charge on any atom is -0.395 e. The number of hydrogen-bond acceptors (Lipinski definition) is 5. The molecule has 84 valence electrons. The molecule has 1 aromatic rings. The van der Waals surface area contributed by atoms with E-state index < -0.39 is 0 Å². The van der Waals surface area contributed by atoms with Crippen LogP contribution in [0.4, 0.5) is 0 Å². The Balaban J connectivity index is 2.61. The molecule has 15 heavy (non-hydrogen) atoms. The summed E-state index contributed by atoms with van der Waals surface area (Å²) in [5.74, 6) is 5.54. The van der Waals surface area contributed by atoms with E-state index in [1.54, 1.807) is 11.8 Å². The number of hydrazine groups is 1. The molecule has 0 saturated heterocycles. The van der Waals surface area contributed by atoms with Crippen LogP contribution in [0.2, 0.25) is 0 Å². The second-order valence-corrected chi connectivity index (χ2v) is 5.40. The summed E-state index contributed by atoms with van der Waals surface area (Å²) in [5, 5.41) is 10.9. The summed E-state index contributed by atoms with van der Waals surface area (Å²) < 4.78 is 0. The number of hydrogen-bond donors (Lipinski definition) is 3. The zero-order valence-electron chi connectivity index (χ0n) is 8.40. The number of rotatable bonds is 5. The number of aliphatic hydroxyl groups excluding tert-OH is 1. The van der Waals surface area contributed by atoms with Crippen molar-refractivity contribution in [3.63, 3.8) is 0 Å². The van der Waals surface area contributed by atoms with E-state index in [0.717, 1.165) is 5.56 Å². The summed E-state index contributed by atoms with van der Waals surface area (Å²) in [5.41, 5.74) is 3.09. The lowest BCUT2D eigenvalue weighted by Crippen LogP contribution is -2.29. The van der Waals surface area contributed by atoms with E-state index in [0.29, 0.717) is 10.6 Å². The first-order chi connectivity index (χ1) is 7.19. The monoisotopic (exact) mass is 246 g/mol. The van der Waals surface area contributed by atoms with Crippen LogP contribution in [0.15, 0.2) is 11.4 Å². The van der Waals surface area contributed by atoms with Gasteiger partial charge in [-0.2, -0.15) is 11.8 Å². The van der Waals surface area contributed by atoms with Crippen LogP contribution in [0.25, 0.3) is 0 Å². The fourth-order valence-corrected chi connectivity index (χ4v) is 2.73. The number of aliphatic hydroxyl groups is 1. The molecule has 4 nitrogen and oxygen atoms in total. The van der Waals surface area contributed by atoms with Gasteiger partial charge in [0, 0.05) is 11.0 Å². The van der Waals surface area contributed by atoms with Gasteiger partial charge in [0.25, 0.3) is 5.91 Å². The predicted molar refractivity (Wildman–Crippen MR) is 63.8 cm³/mol. The Morgan fingerprint density at radius 2 is 2.53 bits per heavy atom. The number of carbonyl (C=O) groups excluding carboxylic acids is 1. The van der Waals surface area contributed by atoms with E-state index in [1.807, 2.05) is 18.4 Å². The minimum atomic E-state index is -0.253. The van der Waals surface area contributed by atoms with Gasteiger partial charge >= 0.3 is 0 Å². The van der Waals surface area contributed by atoms with Crippen LogP contribution in [0, 0.1) is 0 Å². The minimum absolute atomic E-state index is 0.146. The highest BCUT2D eigenvalue weighted by molar-refractivity contribution is 7.99. The Bertz CT molecular complexity index is 328. The topological polar surface area (TPSA) is 75.3 Å². The number of nitrogen functional groups attached to an aromatic ring is 1. The lowest BCUT2D eigenvalue weighted by Gasteiger charge is -2.07. The molecule has 0 aliphatic rings. The van der Waals surface area contributed by atoms with Gasteiger partial charge in [-0.1, -0.05) is 6.92 Å². The number of thiophene rings is 1. The average molecular weight is 246 g/mol. The zero-order chi connectivity index (χ0) is 11.3. The molecule has 4 N–H and O–H groups in total. The van der Waals surface area contributed by atoms with Crippen LogP contribution in [-0.4, -0.2) is 22.9 Å². The number of thioether (sulfide) groups is 1. The van der Waals surface area contributed by atoms with Gasteiger partial charge in [0.15, 0.2) is 0 Å². The first kappa shape index (κ1) is 12.5. The van der Waals surface area contributed by atoms with Crippen molar-refractivity contribution >= 4 is 29.0 Å². The molecule has 1 amide bonds. The van der Waals surface area contributed by atoms with E-state index in [1.165, 1.54) is 11.3 Å². The summed E-state index contributed by atoms with van der Waals surface area (Å²) in [4.78, 5) is 12.0. The number of amides is 1. The Morgan fingerprint density at radius 1 is 1.80 bits per heavy atom. The molecule has 0 saturated carbocycles. The van der Waals surface area contributed by atoms with E-state index >= 15 is 0 Å². The Morgan fingerprint density at radius 3 is 3.13 bits per heavy atom. The molecular formula is C9H14N2O2S2. The third-order valence-corrected chi connectivity index (χ3v) is 4.02. The molecule has 6 heteroatoms. The van der Waals surface area contributed by atoms with Crippen LogP contribution in [0.5, 0.6) is 0 Å². The molecule has 0 aliphatic heterocycles. The van der Waals surface area contributed by atoms with Crippen LogP contribution in [-0.2, 0) is 5.75 Å². The van der Waals surface area contributed by atoms with Crippen LogP contribution >= 0.6 is 23.1 Å². The van der Waals surface area contributed by atoms with E-state index in [4.69, 9.17) is 10.9 Å². The zero-order valence-corrected chi connectivity index (χ0v) is 10.0. The highest BCUT2D eigenvalue weighted by Gasteiger charge is 2.12. The van der Waals surface area contributed by atoms with Crippen molar-refractivity contribution in [1.29, 1.82) is 0 Å². The maximum absolute atomic E-state index is 11.3. The van der Waals surface area contributed by atoms with Gasteiger partial charge in [0.2, 0.25) is 0 Å². The maximum Gasteiger partial charge on any atom is 0.275 e. The molecule has 0 fully saturated rings. The predicted octanol–water partition coefficient (Wildman–Crippen LogP) is 0.966. The molecule has 1 unspecified atom stereocenters. The maximum atomic E-state index is 11.3. The first-order valence-electron chi connectivity index (χ1n) is 4.48. The summed E-state index contributed by atoms with van der Waals surface area (Å²) in [6.45, 7) is 2.09. The van der Waals surface area contributed by atoms with Crippen molar-refractivity contribution in [2.24, 2.45) is 5.84 Å². The highest BCUT2D eigenvalue weighted by Crippen LogP contribution is 2.23. The van der Waals surface area contributed by atoms with Crippen LogP contribution in [0.3, 0.4) is 0 Å². The lowest BCUT2D eigenvalue weighted by molar-refractivity contribution is 0.0957. The second kappa shape index (κ2) is 6.12. The Labute approximate surface area is 96.8 Å². The quantitative estimate of drug-likeness (QED) is 0.411. The molecule has 1 aromatic heterocycles. The van der Waals surface area contributed by atoms with Crippen LogP contribution < -0.4 is 11.3 Å². The SMILES string of the molecule is CC(CO)SCc1ccsc1C(=O)NN. The van der Waals surface area contributed by atoms with Crippen molar-refractivity contribution in [3.8, 4) is 0 Å². The van der Waals surface area contributed by atoms with Crippen molar-refractivity contribution in [1.82, 2.24) is 5.43 Å². The van der Waals surface area contributed by atoms with Crippen molar-refractivity contribution in [3.05, 3.63) is 21.9 Å². The standard InChI is InChI=1S/C9H14N2O2S2/c1-6(4-12)15-5-7-2-3-14-8(7)9(13)11-10/h2-3,6,12H,4-5,10H2,1H3,(H,11,13). The fourth-order valence-electron chi connectivity index (χ4n) is 0.999. The highest BCUT2D eigenvalue weighted by atomic mass is 32.2. The first-order valence-corrected chi connectivity index (χ1v) is 6.41. The number of nitrogens with two attached hydrogens (primary N) is 1. The van der Waals surface area contributed by atoms with Crippen molar-refractivity contribution < 1.29 is 9.90 Å². The van der Waals surface area contributed by atoms with Gasteiger partial charge in [0.05, 0.1) is 11.5 Å². The largest absolute Gasteiger partial charge is 0.395 e. The van der Waals surface area contributed by atoms with E-state index in [-0.39, 0.29) is 17.8 Å². The molecular weight excluding hydrogens is 232 g/mol. The molecule has 0 bridgehead atoms. The number of carbonyl (C=O) groups is 1. The molecule has 1 atom stereocenters. The van der Waals surface area contributed by atoms with Gasteiger partial charge in [0.1, 0.15) is 0 Å². The van der Waals surface area contributed by atoms with Gasteiger partial charge in [-0.05, 0) is 17.0 Å². The Hall–Kier alpha value is -0.560. The molecule has 0 aliphatic carbocycles. The molecule has 0 spiro atoms. The van der Waals surface area contributed by atoms with Gasteiger partial charge in [-0.25, -0.2) is 5.84 Å². The smallest absolute Gasteiger partial charge is 0.275 e. The van der Waals surface area contributed by atoms with Crippen molar-refractivity contribution in [2.45, 2.75) is 17.9 Å². The third-order valence-electron chi connectivity index (χ3n) is 1.86. The van der Waals surface area contributed by atoms with Gasteiger partial charge in [-0.15, -0.1) is 11.3 Å². The van der Waals surface area contributed by atoms with Gasteiger partial charge in [-0.3, -0.25) is 10.2 Å². The Kier molecular flexibility index (Phi) is 5.10. The molecule has 0 radical (unpaired) electrons. The molecule has 0 aromatic carbocycles. The fraction of sp³-hybridized carbons (Fsp3) is 0.444. The summed E-state index contributed by atoms with van der Waals surface area (Å²) >= 11 is 2.99. The normalized spacial score (nSPS) is 12.5. The summed E-state index contributed by atoms with van der Waals surface area (Å²) in [6, 6.07) is 1.91. The lowest BCUT2D eigenvalue weighted by atomic mass is 10.3. The van der Waals surface area contributed by atoms with Crippen LogP contribution in [0.1, 0.15) is 22.2 Å². The van der Waals surface area contributed by atoms with Gasteiger partial charge < -0.3 is 5.11 Å².